The van der Waals surface area contributed by atoms with Crippen molar-refractivity contribution in [3.63, 3.8) is 0 Å². The quantitative estimate of drug-likeness (QED) is 0.472. The summed E-state index contributed by atoms with van der Waals surface area (Å²) in [6, 6.07) is 0. The summed E-state index contributed by atoms with van der Waals surface area (Å²) in [6.45, 7) is -0.465. The lowest BCUT2D eigenvalue weighted by Crippen LogP contribution is -2.33. The average molecular weight is 285 g/mol. The van der Waals surface area contributed by atoms with Gasteiger partial charge < -0.3 is 25.8 Å². The van der Waals surface area contributed by atoms with Crippen molar-refractivity contribution in [3.8, 4) is 0 Å². The van der Waals surface area contributed by atoms with Gasteiger partial charge >= 0.3 is 6.08 Å². The van der Waals surface area contributed by atoms with Gasteiger partial charge in [0.1, 0.15) is 18.3 Å². The molecule has 0 unspecified atom stereocenters. The van der Waals surface area contributed by atoms with E-state index in [1.54, 1.807) is 0 Å². The van der Waals surface area contributed by atoms with Crippen LogP contribution in [0.4, 0.5) is 10.2 Å². The molecule has 3 rings (SSSR count). The number of aromatic nitrogens is 4. The Balaban J connectivity index is 2.07. The molecule has 2 aromatic heterocycles. The van der Waals surface area contributed by atoms with Gasteiger partial charge in [-0.1, -0.05) is 0 Å². The van der Waals surface area contributed by atoms with Crippen molar-refractivity contribution in [2.45, 2.75) is 24.5 Å². The van der Waals surface area contributed by atoms with E-state index in [2.05, 4.69) is 15.0 Å². The van der Waals surface area contributed by atoms with Crippen LogP contribution < -0.4 is 5.73 Å². The third-order valence-electron chi connectivity index (χ3n) is 3.21. The van der Waals surface area contributed by atoms with E-state index in [1.165, 1.54) is 10.9 Å². The molecule has 108 valence electrons. The Kier molecular flexibility index (Phi) is 3.01. The van der Waals surface area contributed by atoms with Gasteiger partial charge in [-0.05, 0) is 0 Å². The monoisotopic (exact) mass is 285 g/mol. The Bertz CT molecular complexity index is 650. The summed E-state index contributed by atoms with van der Waals surface area (Å²) in [4.78, 5) is 10.8. The van der Waals surface area contributed by atoms with Crippen LogP contribution in [0.1, 0.15) is 6.23 Å². The topological polar surface area (TPSA) is 140 Å². The first-order chi connectivity index (χ1) is 9.52. The van der Waals surface area contributed by atoms with Gasteiger partial charge in [0.15, 0.2) is 23.2 Å². The molecule has 5 N–H and O–H groups in total. The lowest BCUT2D eigenvalue weighted by Gasteiger charge is -2.16. The molecule has 2 aromatic rings. The van der Waals surface area contributed by atoms with Crippen molar-refractivity contribution in [2.24, 2.45) is 0 Å². The van der Waals surface area contributed by atoms with Crippen molar-refractivity contribution in [2.75, 3.05) is 12.3 Å². The number of hydrogen-bond donors (Lipinski definition) is 4. The summed E-state index contributed by atoms with van der Waals surface area (Å²) in [5.41, 5.74) is 5.71. The van der Waals surface area contributed by atoms with E-state index in [9.17, 15) is 14.6 Å². The number of hydrogen-bond acceptors (Lipinski definition) is 8. The van der Waals surface area contributed by atoms with Gasteiger partial charge in [-0.2, -0.15) is 14.4 Å². The van der Waals surface area contributed by atoms with Crippen molar-refractivity contribution in [1.29, 1.82) is 0 Å². The predicted octanol–water partition coefficient (Wildman–Crippen LogP) is -1.84. The number of fused-ring (bicyclic) bond motifs is 1. The summed E-state index contributed by atoms with van der Waals surface area (Å²) >= 11 is 0. The highest BCUT2D eigenvalue weighted by atomic mass is 19.1. The number of halogens is 1. The summed E-state index contributed by atoms with van der Waals surface area (Å²) in [5.74, 6) is -0.141. The van der Waals surface area contributed by atoms with Gasteiger partial charge in [-0.3, -0.25) is 4.57 Å². The first-order valence-electron chi connectivity index (χ1n) is 5.81. The molecule has 9 nitrogen and oxygen atoms in total. The van der Waals surface area contributed by atoms with Gasteiger partial charge in [-0.15, -0.1) is 0 Å². The number of aliphatic hydroxyl groups is 3. The number of aliphatic hydroxyl groups excluding tert-OH is 3. The lowest BCUT2D eigenvalue weighted by molar-refractivity contribution is -0.0511. The third-order valence-corrected chi connectivity index (χ3v) is 3.21. The van der Waals surface area contributed by atoms with Crippen LogP contribution in [0.3, 0.4) is 0 Å². The van der Waals surface area contributed by atoms with Crippen LogP contribution >= 0.6 is 0 Å². The molecule has 1 aliphatic rings. The second kappa shape index (κ2) is 4.59. The molecule has 0 saturated carbocycles. The standard InChI is InChI=1S/C10H12FN5O4/c11-10-14-7(12)4-8(15-10)16(2-13-4)9-6(19)5(18)3(1-17)20-9/h2-3,5-6,9,17-19H,1H2,(H2,12,14,15)/t3-,5-,6-,9-/m0/s1. The van der Waals surface area contributed by atoms with Gasteiger partial charge in [-0.25, -0.2) is 4.98 Å². The Morgan fingerprint density at radius 2 is 2.10 bits per heavy atom. The maximum atomic E-state index is 13.2. The molecule has 0 aromatic carbocycles. The van der Waals surface area contributed by atoms with E-state index >= 15 is 0 Å². The van der Waals surface area contributed by atoms with Crippen molar-refractivity contribution < 1.29 is 24.4 Å². The molecule has 20 heavy (non-hydrogen) atoms. The highest BCUT2D eigenvalue weighted by molar-refractivity contribution is 5.81. The fraction of sp³-hybridized carbons (Fsp3) is 0.500. The zero-order valence-electron chi connectivity index (χ0n) is 10.1. The van der Waals surface area contributed by atoms with Crippen LogP contribution in [-0.4, -0.2) is 59.8 Å². The number of nitrogens with two attached hydrogens (primary N) is 1. The zero-order valence-corrected chi connectivity index (χ0v) is 10.1. The Morgan fingerprint density at radius 1 is 1.35 bits per heavy atom. The summed E-state index contributed by atoms with van der Waals surface area (Å²) < 4.78 is 19.8. The maximum absolute atomic E-state index is 13.2. The molecule has 0 spiro atoms. The third kappa shape index (κ3) is 1.81. The van der Waals surface area contributed by atoms with E-state index in [1.807, 2.05) is 0 Å². The number of ether oxygens (including phenoxy) is 1. The van der Waals surface area contributed by atoms with Crippen LogP contribution in [0, 0.1) is 6.08 Å². The van der Waals surface area contributed by atoms with Gasteiger partial charge in [0.25, 0.3) is 0 Å². The van der Waals surface area contributed by atoms with Crippen LogP contribution in [-0.2, 0) is 4.74 Å². The molecule has 3 heterocycles. The lowest BCUT2D eigenvalue weighted by atomic mass is 10.1. The number of nitrogens with zero attached hydrogens (tertiary/aromatic N) is 4. The van der Waals surface area contributed by atoms with E-state index < -0.39 is 37.2 Å². The van der Waals surface area contributed by atoms with E-state index in [-0.39, 0.29) is 17.0 Å². The SMILES string of the molecule is Nc1nc(F)nc2c1ncn2[C@H]1O[C@@H](CO)[C@H](O)[C@@H]1O. The molecule has 0 amide bonds. The number of anilines is 1. The summed E-state index contributed by atoms with van der Waals surface area (Å²) in [6.07, 6.45) is -4.38. The Labute approximate surface area is 111 Å². The molecule has 4 atom stereocenters. The fourth-order valence-electron chi connectivity index (χ4n) is 2.21. The van der Waals surface area contributed by atoms with E-state index in [0.717, 1.165) is 0 Å². The number of imidazole rings is 1. The van der Waals surface area contributed by atoms with E-state index in [4.69, 9.17) is 15.6 Å². The molecule has 0 aliphatic carbocycles. The Hall–Kier alpha value is -1.88. The highest BCUT2D eigenvalue weighted by Gasteiger charge is 2.44. The van der Waals surface area contributed by atoms with E-state index in [0.29, 0.717) is 0 Å². The molecule has 1 saturated heterocycles. The maximum Gasteiger partial charge on any atom is 0.312 e. The molecule has 0 radical (unpaired) electrons. The normalized spacial score (nSPS) is 30.2. The smallest absolute Gasteiger partial charge is 0.312 e. The molecule has 1 aliphatic heterocycles. The fourth-order valence-corrected chi connectivity index (χ4v) is 2.21. The van der Waals surface area contributed by atoms with Crippen LogP contribution in [0.2, 0.25) is 0 Å². The van der Waals surface area contributed by atoms with Gasteiger partial charge in [0, 0.05) is 0 Å². The Morgan fingerprint density at radius 3 is 2.75 bits per heavy atom. The molecule has 10 heteroatoms. The van der Waals surface area contributed by atoms with Crippen molar-refractivity contribution in [1.82, 2.24) is 19.5 Å². The second-order valence-corrected chi connectivity index (χ2v) is 4.43. The summed E-state index contributed by atoms with van der Waals surface area (Å²) in [5, 5.41) is 28.7. The van der Waals surface area contributed by atoms with Gasteiger partial charge in [0.05, 0.1) is 12.9 Å². The molecular formula is C10H12FN5O4. The predicted molar refractivity (Wildman–Crippen MR) is 62.7 cm³/mol. The highest BCUT2D eigenvalue weighted by Crippen LogP contribution is 2.31. The minimum Gasteiger partial charge on any atom is -0.394 e. The molecule has 0 bridgehead atoms. The first kappa shape index (κ1) is 13.1. The zero-order chi connectivity index (χ0) is 14.4. The molecule has 1 fully saturated rings. The van der Waals surface area contributed by atoms with Crippen LogP contribution in [0.5, 0.6) is 0 Å². The average Bonchev–Trinajstić information content (AvgIpc) is 2.93. The van der Waals surface area contributed by atoms with Crippen molar-refractivity contribution in [3.05, 3.63) is 12.4 Å². The van der Waals surface area contributed by atoms with Crippen LogP contribution in [0.15, 0.2) is 6.33 Å². The van der Waals surface area contributed by atoms with Crippen molar-refractivity contribution >= 4 is 17.0 Å². The second-order valence-electron chi connectivity index (χ2n) is 4.43. The van der Waals surface area contributed by atoms with Gasteiger partial charge in [0.2, 0.25) is 0 Å². The summed E-state index contributed by atoms with van der Waals surface area (Å²) in [7, 11) is 0. The minimum absolute atomic E-state index is 0.0323. The number of nitrogen functional groups attached to an aromatic ring is 1. The molecular weight excluding hydrogens is 273 g/mol. The first-order valence-corrected chi connectivity index (χ1v) is 5.81. The number of rotatable bonds is 2. The van der Waals surface area contributed by atoms with Crippen LogP contribution in [0.25, 0.3) is 11.2 Å². The minimum atomic E-state index is -1.32. The largest absolute Gasteiger partial charge is 0.394 e.